The zero-order chi connectivity index (χ0) is 29.9. The summed E-state index contributed by atoms with van der Waals surface area (Å²) in [6.07, 6.45) is -0.0397. The van der Waals surface area contributed by atoms with Crippen LogP contribution < -0.4 is 0 Å². The van der Waals surface area contributed by atoms with Crippen LogP contribution in [0.3, 0.4) is 0 Å². The minimum atomic E-state index is -1.08. The van der Waals surface area contributed by atoms with E-state index in [4.69, 9.17) is 51.1 Å². The van der Waals surface area contributed by atoms with Gasteiger partial charge in [0, 0.05) is 32.9 Å². The molecule has 0 radical (unpaired) electrons. The fourth-order valence-corrected chi connectivity index (χ4v) is 5.98. The second-order valence-electron chi connectivity index (χ2n) is 11.3. The van der Waals surface area contributed by atoms with Gasteiger partial charge in [0.1, 0.15) is 0 Å². The standard InChI is InChI=1S/C34H34Cl4O3/c1-33(2,39)23-15-27(35)25(28(36)16-23)19-31(21-11-7-5-8-12-21)41-32(22-13-9-6-10-14-22)20-26-29(37)17-24(18-30(26)38)34(3,4)40/h5-18,31-32,39-40H,19-20H2,1-4H3. The second kappa shape index (κ2) is 13.1. The number of rotatable bonds is 10. The van der Waals surface area contributed by atoms with Crippen molar-refractivity contribution < 1.29 is 14.9 Å². The molecule has 4 aromatic carbocycles. The molecule has 0 bridgehead atoms. The van der Waals surface area contributed by atoms with Crippen molar-refractivity contribution in [3.8, 4) is 0 Å². The third-order valence-corrected chi connectivity index (χ3v) is 8.49. The molecule has 0 aliphatic rings. The van der Waals surface area contributed by atoms with E-state index >= 15 is 0 Å². The predicted molar refractivity (Wildman–Crippen MR) is 170 cm³/mol. The molecule has 7 heteroatoms. The van der Waals surface area contributed by atoms with E-state index in [-0.39, 0.29) is 0 Å². The molecule has 0 spiro atoms. The minimum absolute atomic E-state index is 0.399. The van der Waals surface area contributed by atoms with E-state index in [1.165, 1.54) is 0 Å². The van der Waals surface area contributed by atoms with Crippen LogP contribution >= 0.6 is 46.4 Å². The maximum absolute atomic E-state index is 10.5. The first-order valence-corrected chi connectivity index (χ1v) is 14.9. The molecule has 3 nitrogen and oxygen atoms in total. The summed E-state index contributed by atoms with van der Waals surface area (Å²) in [6, 6.07) is 26.8. The number of hydrogen-bond donors (Lipinski definition) is 2. The number of halogens is 4. The summed E-state index contributed by atoms with van der Waals surface area (Å²) in [5, 5.41) is 22.9. The summed E-state index contributed by atoms with van der Waals surface area (Å²) in [5.74, 6) is 0. The number of hydrogen-bond acceptors (Lipinski definition) is 3. The van der Waals surface area contributed by atoms with E-state index in [9.17, 15) is 10.2 Å². The van der Waals surface area contributed by atoms with Crippen LogP contribution in [0.5, 0.6) is 0 Å². The van der Waals surface area contributed by atoms with Crippen molar-refractivity contribution in [2.75, 3.05) is 0 Å². The van der Waals surface area contributed by atoms with Crippen molar-refractivity contribution >= 4 is 46.4 Å². The number of aliphatic hydroxyl groups is 2. The van der Waals surface area contributed by atoms with Gasteiger partial charge in [-0.15, -0.1) is 0 Å². The van der Waals surface area contributed by atoms with Gasteiger partial charge in [0.25, 0.3) is 0 Å². The van der Waals surface area contributed by atoms with Crippen molar-refractivity contribution in [2.45, 2.75) is 63.9 Å². The molecule has 2 N–H and O–H groups in total. The molecule has 0 aromatic heterocycles. The fraction of sp³-hybridized carbons (Fsp3) is 0.294. The Morgan fingerprint density at radius 2 is 0.854 bits per heavy atom. The minimum Gasteiger partial charge on any atom is -0.386 e. The van der Waals surface area contributed by atoms with Gasteiger partial charge in [0.05, 0.1) is 23.4 Å². The van der Waals surface area contributed by atoms with Gasteiger partial charge in [-0.3, -0.25) is 0 Å². The number of benzene rings is 4. The van der Waals surface area contributed by atoms with E-state index in [2.05, 4.69) is 0 Å². The van der Waals surface area contributed by atoms with E-state index in [0.717, 1.165) is 22.3 Å². The van der Waals surface area contributed by atoms with E-state index in [0.29, 0.717) is 44.1 Å². The average molecular weight is 632 g/mol. The van der Waals surface area contributed by atoms with Crippen molar-refractivity contribution in [3.05, 3.63) is 138 Å². The van der Waals surface area contributed by atoms with Crippen LogP contribution in [0.25, 0.3) is 0 Å². The zero-order valence-electron chi connectivity index (χ0n) is 23.5. The Morgan fingerprint density at radius 1 is 0.561 bits per heavy atom. The van der Waals surface area contributed by atoms with Gasteiger partial charge in [-0.2, -0.15) is 0 Å². The third kappa shape index (κ3) is 8.06. The maximum atomic E-state index is 10.5. The van der Waals surface area contributed by atoms with Gasteiger partial charge in [-0.25, -0.2) is 0 Å². The summed E-state index contributed by atoms with van der Waals surface area (Å²) >= 11 is 27.0. The Bertz CT molecular complexity index is 1320. The summed E-state index contributed by atoms with van der Waals surface area (Å²) in [7, 11) is 0. The Kier molecular flexibility index (Phi) is 10.1. The molecule has 0 saturated heterocycles. The Hall–Kier alpha value is -2.08. The summed E-state index contributed by atoms with van der Waals surface area (Å²) in [6.45, 7) is 6.78. The highest BCUT2D eigenvalue weighted by Crippen LogP contribution is 2.40. The van der Waals surface area contributed by atoms with Crippen molar-refractivity contribution in [2.24, 2.45) is 0 Å². The molecule has 0 heterocycles. The molecular formula is C34H34Cl4O3. The smallest absolute Gasteiger partial charge is 0.0874 e. The van der Waals surface area contributed by atoms with E-state index < -0.39 is 23.4 Å². The topological polar surface area (TPSA) is 49.7 Å². The molecule has 216 valence electrons. The van der Waals surface area contributed by atoms with Gasteiger partial charge in [-0.1, -0.05) is 107 Å². The Balaban J connectivity index is 1.75. The molecule has 0 aliphatic heterocycles. The Morgan fingerprint density at radius 3 is 1.12 bits per heavy atom. The molecule has 2 unspecified atom stereocenters. The van der Waals surface area contributed by atoms with Gasteiger partial charge in [-0.05, 0) is 85.3 Å². The first kappa shape index (κ1) is 31.8. The summed E-state index contributed by atoms with van der Waals surface area (Å²) in [5.41, 5.74) is 2.48. The van der Waals surface area contributed by atoms with Gasteiger partial charge in [0.2, 0.25) is 0 Å². The van der Waals surface area contributed by atoms with E-state index in [1.807, 2.05) is 60.7 Å². The summed E-state index contributed by atoms with van der Waals surface area (Å²) in [4.78, 5) is 0. The van der Waals surface area contributed by atoms with Gasteiger partial charge in [0.15, 0.2) is 0 Å². The second-order valence-corrected chi connectivity index (χ2v) is 12.9. The molecule has 2 atom stereocenters. The highest BCUT2D eigenvalue weighted by atomic mass is 35.5. The van der Waals surface area contributed by atoms with Crippen LogP contribution in [0.4, 0.5) is 0 Å². The van der Waals surface area contributed by atoms with Crippen LogP contribution in [0.1, 0.15) is 73.3 Å². The van der Waals surface area contributed by atoms with Gasteiger partial charge >= 0.3 is 0 Å². The molecule has 0 aliphatic carbocycles. The summed E-state index contributed by atoms with van der Waals surface area (Å²) < 4.78 is 6.91. The fourth-order valence-electron chi connectivity index (χ4n) is 4.70. The third-order valence-electron chi connectivity index (χ3n) is 7.15. The lowest BCUT2D eigenvalue weighted by Crippen LogP contribution is -2.18. The molecule has 4 aromatic rings. The van der Waals surface area contributed by atoms with Crippen molar-refractivity contribution in [3.63, 3.8) is 0 Å². The monoisotopic (exact) mass is 630 g/mol. The molecule has 0 fully saturated rings. The van der Waals surface area contributed by atoms with Crippen LogP contribution in [0.15, 0.2) is 84.9 Å². The normalized spacial score (nSPS) is 13.7. The lowest BCUT2D eigenvalue weighted by molar-refractivity contribution is -0.0148. The first-order chi connectivity index (χ1) is 19.2. The lowest BCUT2D eigenvalue weighted by atomic mass is 9.93. The quantitative estimate of drug-likeness (QED) is 0.183. The molecule has 41 heavy (non-hydrogen) atoms. The maximum Gasteiger partial charge on any atom is 0.0874 e. The molecule has 0 amide bonds. The van der Waals surface area contributed by atoms with Crippen LogP contribution in [0.2, 0.25) is 20.1 Å². The van der Waals surface area contributed by atoms with Crippen LogP contribution in [0, 0.1) is 0 Å². The molecule has 4 rings (SSSR count). The highest BCUT2D eigenvalue weighted by molar-refractivity contribution is 6.36. The van der Waals surface area contributed by atoms with Crippen molar-refractivity contribution in [1.82, 2.24) is 0 Å². The lowest BCUT2D eigenvalue weighted by Gasteiger charge is -2.28. The SMILES string of the molecule is CC(C)(O)c1cc(Cl)c(CC(OC(Cc2c(Cl)cc(C(C)(C)O)cc2Cl)c2ccccc2)c2ccccc2)c(Cl)c1. The van der Waals surface area contributed by atoms with Crippen molar-refractivity contribution in [1.29, 1.82) is 0 Å². The van der Waals surface area contributed by atoms with Crippen LogP contribution in [-0.4, -0.2) is 10.2 Å². The van der Waals surface area contributed by atoms with E-state index in [1.54, 1.807) is 52.0 Å². The van der Waals surface area contributed by atoms with Crippen LogP contribution in [-0.2, 0) is 28.8 Å². The Labute approximate surface area is 262 Å². The predicted octanol–water partition coefficient (Wildman–Crippen LogP) is 10.0. The first-order valence-electron chi connectivity index (χ1n) is 13.4. The molecule has 0 saturated carbocycles. The largest absolute Gasteiger partial charge is 0.386 e. The highest BCUT2D eigenvalue weighted by Gasteiger charge is 2.27. The average Bonchev–Trinajstić information content (AvgIpc) is 2.90. The number of ether oxygens (including phenoxy) is 1. The zero-order valence-corrected chi connectivity index (χ0v) is 26.5. The molecular weight excluding hydrogens is 598 g/mol. The van der Waals surface area contributed by atoms with Gasteiger partial charge < -0.3 is 14.9 Å².